The average molecular weight is 180 g/mol. The summed E-state index contributed by atoms with van der Waals surface area (Å²) in [6.45, 7) is 3.60. The number of ketones is 2. The van der Waals surface area contributed by atoms with Crippen molar-refractivity contribution in [1.82, 2.24) is 0 Å². The molecule has 1 aliphatic rings. The Balaban J connectivity index is 2.61. The fourth-order valence-corrected chi connectivity index (χ4v) is 1.76. The lowest BCUT2D eigenvalue weighted by atomic mass is 9.87. The number of carbonyl (C=O) groups excluding carboxylic acids is 2. The van der Waals surface area contributed by atoms with Crippen LogP contribution in [0, 0.1) is 5.92 Å². The van der Waals surface area contributed by atoms with E-state index in [0.717, 1.165) is 25.7 Å². The molecule has 0 aromatic carbocycles. The van der Waals surface area contributed by atoms with Crippen LogP contribution in [0.4, 0.5) is 0 Å². The lowest BCUT2D eigenvalue weighted by Gasteiger charge is -2.15. The molecule has 0 radical (unpaired) electrons. The molecule has 0 amide bonds. The minimum atomic E-state index is -0.174. The second kappa shape index (κ2) is 4.95. The largest absolute Gasteiger partial charge is 0.291 e. The predicted molar refractivity (Wildman–Crippen MR) is 51.4 cm³/mol. The summed E-state index contributed by atoms with van der Waals surface area (Å²) in [6.07, 6.45) is 6.72. The van der Waals surface area contributed by atoms with Crippen molar-refractivity contribution < 1.29 is 9.59 Å². The Morgan fingerprint density at radius 2 is 2.08 bits per heavy atom. The summed E-state index contributed by atoms with van der Waals surface area (Å²) in [5.74, 6) is -0.420. The van der Waals surface area contributed by atoms with E-state index in [0.29, 0.717) is 12.8 Å². The Hall–Kier alpha value is -0.920. The number of Topliss-reactive ketones (excluding diaryl/α,β-unsaturated/α-hetero) is 2. The molecule has 1 rings (SSSR count). The van der Waals surface area contributed by atoms with Gasteiger partial charge in [0.1, 0.15) is 0 Å². The molecule has 0 N–H and O–H groups in total. The highest BCUT2D eigenvalue weighted by Gasteiger charge is 2.24. The molecule has 0 aliphatic heterocycles. The van der Waals surface area contributed by atoms with Crippen LogP contribution in [-0.2, 0) is 9.59 Å². The third-order valence-electron chi connectivity index (χ3n) is 2.55. The smallest absolute Gasteiger partial charge is 0.201 e. The minimum absolute atomic E-state index is 0.0784. The molecule has 0 aromatic heterocycles. The van der Waals surface area contributed by atoms with Gasteiger partial charge in [-0.2, -0.15) is 0 Å². The van der Waals surface area contributed by atoms with E-state index in [1.807, 2.05) is 0 Å². The summed E-state index contributed by atoms with van der Waals surface area (Å²) >= 11 is 0. The topological polar surface area (TPSA) is 34.1 Å². The summed E-state index contributed by atoms with van der Waals surface area (Å²) in [7, 11) is 0. The standard InChI is InChI=1S/C11H16O2/c1-2-6-9-7-4-3-5-8-10(12)11(9)13/h2,9H,1,3-8H2. The number of hydrogen-bond donors (Lipinski definition) is 0. The van der Waals surface area contributed by atoms with E-state index >= 15 is 0 Å². The second-order valence-corrected chi connectivity index (χ2v) is 3.61. The minimum Gasteiger partial charge on any atom is -0.291 e. The molecule has 0 heterocycles. The molecule has 1 unspecified atom stereocenters. The van der Waals surface area contributed by atoms with E-state index in [2.05, 4.69) is 6.58 Å². The predicted octanol–water partition coefficient (Wildman–Crippen LogP) is 2.28. The van der Waals surface area contributed by atoms with Gasteiger partial charge in [0.25, 0.3) is 0 Å². The third kappa shape index (κ3) is 2.79. The van der Waals surface area contributed by atoms with Crippen LogP contribution in [-0.4, -0.2) is 11.6 Å². The lowest BCUT2D eigenvalue weighted by Crippen LogP contribution is -2.24. The summed E-state index contributed by atoms with van der Waals surface area (Å²) in [5, 5.41) is 0. The molecular weight excluding hydrogens is 164 g/mol. The van der Waals surface area contributed by atoms with Crippen molar-refractivity contribution in [2.45, 2.75) is 38.5 Å². The van der Waals surface area contributed by atoms with Crippen molar-refractivity contribution in [3.8, 4) is 0 Å². The molecule has 0 spiro atoms. The maximum Gasteiger partial charge on any atom is 0.201 e. The number of rotatable bonds is 2. The molecule has 1 atom stereocenters. The number of carbonyl (C=O) groups is 2. The van der Waals surface area contributed by atoms with E-state index in [-0.39, 0.29) is 17.5 Å². The maximum absolute atomic E-state index is 11.5. The van der Waals surface area contributed by atoms with Gasteiger partial charge in [-0.05, 0) is 19.3 Å². The first kappa shape index (κ1) is 10.2. The average Bonchev–Trinajstić information content (AvgIpc) is 2.12. The number of hydrogen-bond acceptors (Lipinski definition) is 2. The van der Waals surface area contributed by atoms with E-state index in [1.165, 1.54) is 0 Å². The van der Waals surface area contributed by atoms with Crippen LogP contribution in [0.5, 0.6) is 0 Å². The zero-order valence-electron chi connectivity index (χ0n) is 7.92. The zero-order chi connectivity index (χ0) is 9.68. The summed E-state index contributed by atoms with van der Waals surface area (Å²) in [5.41, 5.74) is 0. The summed E-state index contributed by atoms with van der Waals surface area (Å²) < 4.78 is 0. The summed E-state index contributed by atoms with van der Waals surface area (Å²) in [6, 6.07) is 0. The molecule has 0 saturated heterocycles. The van der Waals surface area contributed by atoms with Gasteiger partial charge in [0.15, 0.2) is 5.78 Å². The second-order valence-electron chi connectivity index (χ2n) is 3.61. The van der Waals surface area contributed by atoms with Crippen molar-refractivity contribution in [1.29, 1.82) is 0 Å². The monoisotopic (exact) mass is 180 g/mol. The molecule has 0 aromatic rings. The van der Waals surface area contributed by atoms with Gasteiger partial charge in [-0.1, -0.05) is 18.9 Å². The Morgan fingerprint density at radius 3 is 2.77 bits per heavy atom. The Kier molecular flexibility index (Phi) is 3.87. The zero-order valence-corrected chi connectivity index (χ0v) is 7.92. The van der Waals surface area contributed by atoms with Crippen LogP contribution < -0.4 is 0 Å². The molecule has 2 heteroatoms. The van der Waals surface area contributed by atoms with Gasteiger partial charge in [-0.3, -0.25) is 9.59 Å². The van der Waals surface area contributed by atoms with Gasteiger partial charge < -0.3 is 0 Å². The van der Waals surface area contributed by atoms with Crippen molar-refractivity contribution >= 4 is 11.6 Å². The van der Waals surface area contributed by atoms with E-state index in [1.54, 1.807) is 6.08 Å². The van der Waals surface area contributed by atoms with Gasteiger partial charge in [0.2, 0.25) is 5.78 Å². The first-order valence-electron chi connectivity index (χ1n) is 4.93. The van der Waals surface area contributed by atoms with Gasteiger partial charge >= 0.3 is 0 Å². The van der Waals surface area contributed by atoms with Gasteiger partial charge in [0.05, 0.1) is 0 Å². The van der Waals surface area contributed by atoms with Gasteiger partial charge in [-0.25, -0.2) is 0 Å². The van der Waals surface area contributed by atoms with Crippen molar-refractivity contribution in [2.24, 2.45) is 5.92 Å². The Morgan fingerprint density at radius 1 is 1.31 bits per heavy atom. The van der Waals surface area contributed by atoms with Crippen molar-refractivity contribution in [3.05, 3.63) is 12.7 Å². The Labute approximate surface area is 79.0 Å². The molecule has 1 fully saturated rings. The Bertz CT molecular complexity index is 218. The van der Waals surface area contributed by atoms with Crippen molar-refractivity contribution in [2.75, 3.05) is 0 Å². The highest BCUT2D eigenvalue weighted by Crippen LogP contribution is 2.20. The SMILES string of the molecule is C=CCC1CCCCCC(=O)C1=O. The first-order valence-corrected chi connectivity index (χ1v) is 4.93. The molecule has 13 heavy (non-hydrogen) atoms. The molecule has 2 nitrogen and oxygen atoms in total. The van der Waals surface area contributed by atoms with Crippen LogP contribution in [0.15, 0.2) is 12.7 Å². The normalized spacial score (nSPS) is 25.1. The highest BCUT2D eigenvalue weighted by molar-refractivity contribution is 6.38. The molecule has 1 saturated carbocycles. The highest BCUT2D eigenvalue weighted by atomic mass is 16.2. The molecule has 1 aliphatic carbocycles. The van der Waals surface area contributed by atoms with Crippen LogP contribution in [0.1, 0.15) is 38.5 Å². The van der Waals surface area contributed by atoms with E-state index < -0.39 is 0 Å². The van der Waals surface area contributed by atoms with Gasteiger partial charge in [0, 0.05) is 12.3 Å². The van der Waals surface area contributed by atoms with Gasteiger partial charge in [-0.15, -0.1) is 6.58 Å². The fourth-order valence-electron chi connectivity index (χ4n) is 1.76. The maximum atomic E-state index is 11.5. The van der Waals surface area contributed by atoms with E-state index in [9.17, 15) is 9.59 Å². The van der Waals surface area contributed by atoms with Crippen LogP contribution >= 0.6 is 0 Å². The quantitative estimate of drug-likeness (QED) is 0.482. The van der Waals surface area contributed by atoms with Crippen LogP contribution in [0.3, 0.4) is 0 Å². The first-order chi connectivity index (χ1) is 6.25. The lowest BCUT2D eigenvalue weighted by molar-refractivity contribution is -0.139. The van der Waals surface area contributed by atoms with Crippen LogP contribution in [0.2, 0.25) is 0 Å². The third-order valence-corrected chi connectivity index (χ3v) is 2.55. The van der Waals surface area contributed by atoms with E-state index in [4.69, 9.17) is 0 Å². The molecule has 72 valence electrons. The molecular formula is C11H16O2. The summed E-state index contributed by atoms with van der Waals surface area (Å²) in [4.78, 5) is 22.8. The number of allylic oxidation sites excluding steroid dienone is 1. The fraction of sp³-hybridized carbons (Fsp3) is 0.636. The van der Waals surface area contributed by atoms with Crippen LogP contribution in [0.25, 0.3) is 0 Å². The molecule has 0 bridgehead atoms. The van der Waals surface area contributed by atoms with Crippen molar-refractivity contribution in [3.63, 3.8) is 0 Å².